The van der Waals surface area contributed by atoms with E-state index < -0.39 is 0 Å². The Kier molecular flexibility index (Phi) is 14.1. The molecule has 0 spiro atoms. The number of ether oxygens (including phenoxy) is 2. The normalized spacial score (nSPS) is 8.81. The van der Waals surface area contributed by atoms with Crippen LogP contribution in [-0.4, -0.2) is 33.4 Å². The van der Waals surface area contributed by atoms with Gasteiger partial charge in [0.25, 0.3) is 0 Å². The van der Waals surface area contributed by atoms with Crippen LogP contribution in [0.2, 0.25) is 0 Å². The zero-order valence-electron chi connectivity index (χ0n) is 9.35. The first-order chi connectivity index (χ1) is 6.93. The minimum absolute atomic E-state index is 0. The molecular weight excluding hydrogens is 249 g/mol. The molecule has 1 aromatic rings. The summed E-state index contributed by atoms with van der Waals surface area (Å²) in [4.78, 5) is 0. The number of para-hydroxylation sites is 1. The monoisotopic (exact) mass is 267 g/mol. The SMILES string of the molecule is COCCNCCOc1ccccc1.Cl.Cl. The summed E-state index contributed by atoms with van der Waals surface area (Å²) < 4.78 is 10.4. The molecule has 1 rings (SSSR count). The Hall–Kier alpha value is -0.480. The van der Waals surface area contributed by atoms with Crippen LogP contribution in [0.25, 0.3) is 0 Å². The maximum absolute atomic E-state index is 5.48. The van der Waals surface area contributed by atoms with Gasteiger partial charge in [-0.15, -0.1) is 24.8 Å². The number of nitrogens with one attached hydrogen (secondary N) is 1. The Morgan fingerprint density at radius 2 is 1.62 bits per heavy atom. The first-order valence-electron chi connectivity index (χ1n) is 4.81. The Bertz CT molecular complexity index is 235. The fourth-order valence-corrected chi connectivity index (χ4v) is 1.06. The van der Waals surface area contributed by atoms with Crippen molar-refractivity contribution in [3.05, 3.63) is 30.3 Å². The summed E-state index contributed by atoms with van der Waals surface area (Å²) in [5, 5.41) is 3.21. The van der Waals surface area contributed by atoms with Gasteiger partial charge < -0.3 is 14.8 Å². The van der Waals surface area contributed by atoms with Crippen molar-refractivity contribution in [1.82, 2.24) is 5.32 Å². The van der Waals surface area contributed by atoms with Crippen LogP contribution in [-0.2, 0) is 4.74 Å². The number of rotatable bonds is 7. The van der Waals surface area contributed by atoms with Crippen LogP contribution in [0, 0.1) is 0 Å². The van der Waals surface area contributed by atoms with Crippen molar-refractivity contribution in [2.45, 2.75) is 0 Å². The van der Waals surface area contributed by atoms with Crippen molar-refractivity contribution < 1.29 is 9.47 Å². The summed E-state index contributed by atoms with van der Waals surface area (Å²) in [5.41, 5.74) is 0. The van der Waals surface area contributed by atoms with E-state index in [2.05, 4.69) is 5.32 Å². The topological polar surface area (TPSA) is 30.5 Å². The molecule has 0 aliphatic carbocycles. The lowest BCUT2D eigenvalue weighted by atomic mass is 10.3. The van der Waals surface area contributed by atoms with Gasteiger partial charge in [0, 0.05) is 20.2 Å². The molecule has 3 nitrogen and oxygen atoms in total. The van der Waals surface area contributed by atoms with Gasteiger partial charge in [-0.3, -0.25) is 0 Å². The van der Waals surface area contributed by atoms with Crippen LogP contribution in [0.3, 0.4) is 0 Å². The molecule has 0 bridgehead atoms. The molecule has 5 heteroatoms. The van der Waals surface area contributed by atoms with E-state index in [1.807, 2.05) is 30.3 Å². The molecule has 0 fully saturated rings. The first kappa shape index (κ1) is 17.9. The van der Waals surface area contributed by atoms with E-state index in [0.717, 1.165) is 25.4 Å². The molecule has 1 aromatic carbocycles. The Morgan fingerprint density at radius 3 is 2.25 bits per heavy atom. The van der Waals surface area contributed by atoms with Crippen molar-refractivity contribution >= 4 is 24.8 Å². The van der Waals surface area contributed by atoms with Crippen molar-refractivity contribution in [2.24, 2.45) is 0 Å². The van der Waals surface area contributed by atoms with Crippen LogP contribution in [0.15, 0.2) is 30.3 Å². The molecule has 0 radical (unpaired) electrons. The standard InChI is InChI=1S/C11H17NO2.2ClH/c1-13-9-7-12-8-10-14-11-5-3-2-4-6-11;;/h2-6,12H,7-10H2,1H3;2*1H. The minimum atomic E-state index is 0. The highest BCUT2D eigenvalue weighted by atomic mass is 35.5. The maximum atomic E-state index is 5.48. The molecule has 1 N–H and O–H groups in total. The van der Waals surface area contributed by atoms with Gasteiger partial charge >= 0.3 is 0 Å². The number of methoxy groups -OCH3 is 1. The molecule has 0 aromatic heterocycles. The second-order valence-corrected chi connectivity index (χ2v) is 2.90. The molecule has 94 valence electrons. The van der Waals surface area contributed by atoms with Crippen LogP contribution < -0.4 is 10.1 Å². The average Bonchev–Trinajstić information content (AvgIpc) is 2.25. The summed E-state index contributed by atoms with van der Waals surface area (Å²) in [5.74, 6) is 0.918. The maximum Gasteiger partial charge on any atom is 0.119 e. The van der Waals surface area contributed by atoms with Crippen molar-refractivity contribution in [3.63, 3.8) is 0 Å². The molecular formula is C11H19Cl2NO2. The molecule has 16 heavy (non-hydrogen) atoms. The highest BCUT2D eigenvalue weighted by Gasteiger charge is 1.90. The summed E-state index contributed by atoms with van der Waals surface area (Å²) in [6.45, 7) is 3.14. The highest BCUT2D eigenvalue weighted by molar-refractivity contribution is 5.85. The quantitative estimate of drug-likeness (QED) is 0.769. The lowest BCUT2D eigenvalue weighted by molar-refractivity contribution is 0.197. The largest absolute Gasteiger partial charge is 0.492 e. The molecule has 0 heterocycles. The van der Waals surface area contributed by atoms with Gasteiger partial charge in [0.15, 0.2) is 0 Å². The average molecular weight is 268 g/mol. The van der Waals surface area contributed by atoms with Crippen LogP contribution >= 0.6 is 24.8 Å². The van der Waals surface area contributed by atoms with Crippen molar-refractivity contribution in [2.75, 3.05) is 33.4 Å². The lowest BCUT2D eigenvalue weighted by Crippen LogP contribution is -2.24. The third kappa shape index (κ3) is 8.80. The summed E-state index contributed by atoms with van der Waals surface area (Å²) >= 11 is 0. The van der Waals surface area contributed by atoms with Crippen LogP contribution in [0.5, 0.6) is 5.75 Å². The van der Waals surface area contributed by atoms with Gasteiger partial charge in [-0.1, -0.05) is 18.2 Å². The van der Waals surface area contributed by atoms with E-state index >= 15 is 0 Å². The number of hydrogen-bond acceptors (Lipinski definition) is 3. The van der Waals surface area contributed by atoms with E-state index in [4.69, 9.17) is 9.47 Å². The summed E-state index contributed by atoms with van der Waals surface area (Å²) in [7, 11) is 1.70. The predicted octanol–water partition coefficient (Wildman–Crippen LogP) is 2.15. The first-order valence-corrected chi connectivity index (χ1v) is 4.81. The lowest BCUT2D eigenvalue weighted by Gasteiger charge is -2.06. The van der Waals surface area contributed by atoms with Crippen LogP contribution in [0.1, 0.15) is 0 Å². The molecule has 0 aliphatic heterocycles. The molecule has 0 saturated carbocycles. The summed E-state index contributed by atoms with van der Waals surface area (Å²) in [6, 6.07) is 9.81. The second-order valence-electron chi connectivity index (χ2n) is 2.90. The minimum Gasteiger partial charge on any atom is -0.492 e. The van der Waals surface area contributed by atoms with Crippen LogP contribution in [0.4, 0.5) is 0 Å². The van der Waals surface area contributed by atoms with Gasteiger partial charge in [-0.25, -0.2) is 0 Å². The van der Waals surface area contributed by atoms with E-state index in [9.17, 15) is 0 Å². The highest BCUT2D eigenvalue weighted by Crippen LogP contribution is 2.07. The fourth-order valence-electron chi connectivity index (χ4n) is 1.06. The van der Waals surface area contributed by atoms with Gasteiger partial charge in [-0.2, -0.15) is 0 Å². The molecule has 0 saturated heterocycles. The molecule has 0 amide bonds. The van der Waals surface area contributed by atoms with Gasteiger partial charge in [0.05, 0.1) is 6.61 Å². The van der Waals surface area contributed by atoms with E-state index in [1.165, 1.54) is 0 Å². The third-order valence-electron chi connectivity index (χ3n) is 1.77. The zero-order valence-corrected chi connectivity index (χ0v) is 11.0. The fraction of sp³-hybridized carbons (Fsp3) is 0.455. The Morgan fingerprint density at radius 1 is 1.00 bits per heavy atom. The number of hydrogen-bond donors (Lipinski definition) is 1. The van der Waals surface area contributed by atoms with Crippen molar-refractivity contribution in [1.29, 1.82) is 0 Å². The van der Waals surface area contributed by atoms with E-state index in [-0.39, 0.29) is 24.8 Å². The summed E-state index contributed by atoms with van der Waals surface area (Å²) in [6.07, 6.45) is 0. The second kappa shape index (κ2) is 12.6. The molecule has 0 unspecified atom stereocenters. The van der Waals surface area contributed by atoms with Crippen molar-refractivity contribution in [3.8, 4) is 5.75 Å². The van der Waals surface area contributed by atoms with E-state index in [0.29, 0.717) is 6.61 Å². The van der Waals surface area contributed by atoms with Gasteiger partial charge in [0.1, 0.15) is 12.4 Å². The van der Waals surface area contributed by atoms with Gasteiger partial charge in [0.2, 0.25) is 0 Å². The third-order valence-corrected chi connectivity index (χ3v) is 1.77. The zero-order chi connectivity index (χ0) is 10.1. The predicted molar refractivity (Wildman–Crippen MR) is 71.2 cm³/mol. The smallest absolute Gasteiger partial charge is 0.119 e. The molecule has 0 atom stereocenters. The Labute approximate surface area is 109 Å². The molecule has 0 aliphatic rings. The Balaban J connectivity index is 0. The number of benzene rings is 1. The van der Waals surface area contributed by atoms with E-state index in [1.54, 1.807) is 7.11 Å². The van der Waals surface area contributed by atoms with Gasteiger partial charge in [-0.05, 0) is 12.1 Å². The number of halogens is 2.